The highest BCUT2D eigenvalue weighted by Crippen LogP contribution is 2.35. The fourth-order valence-electron chi connectivity index (χ4n) is 2.66. The fraction of sp³-hybridized carbons (Fsp3) is 0.625. The standard InChI is InChI=1S/C16H25BrN2O4/c1-22-15-11-13(10-14(17)16(15)21)12-19-4-2-18(3-5-19)6-8-23-9-7-20/h10-11,20-21H,2-9,12H2,1H3. The van der Waals surface area contributed by atoms with Crippen LogP contribution in [0, 0.1) is 0 Å². The zero-order valence-electron chi connectivity index (χ0n) is 13.5. The van der Waals surface area contributed by atoms with Crippen LogP contribution in [0.2, 0.25) is 0 Å². The SMILES string of the molecule is COc1cc(CN2CCN(CCOCCO)CC2)cc(Br)c1O. The van der Waals surface area contributed by atoms with Crippen LogP contribution in [-0.2, 0) is 11.3 Å². The molecule has 0 spiro atoms. The highest BCUT2D eigenvalue weighted by atomic mass is 79.9. The van der Waals surface area contributed by atoms with Crippen molar-refractivity contribution in [2.75, 3.05) is 59.7 Å². The van der Waals surface area contributed by atoms with Gasteiger partial charge in [0.2, 0.25) is 0 Å². The lowest BCUT2D eigenvalue weighted by atomic mass is 10.1. The molecular formula is C16H25BrN2O4. The molecule has 1 fully saturated rings. The quantitative estimate of drug-likeness (QED) is 0.654. The van der Waals surface area contributed by atoms with Gasteiger partial charge < -0.3 is 19.7 Å². The second-order valence-electron chi connectivity index (χ2n) is 5.58. The molecule has 1 aliphatic heterocycles. The van der Waals surface area contributed by atoms with Crippen LogP contribution < -0.4 is 4.74 Å². The third kappa shape index (κ3) is 5.61. The maximum Gasteiger partial charge on any atom is 0.172 e. The van der Waals surface area contributed by atoms with Crippen LogP contribution in [0.3, 0.4) is 0 Å². The first-order chi connectivity index (χ1) is 11.1. The van der Waals surface area contributed by atoms with Crippen molar-refractivity contribution < 1.29 is 19.7 Å². The number of rotatable bonds is 8. The molecule has 0 bridgehead atoms. The molecule has 0 radical (unpaired) electrons. The highest BCUT2D eigenvalue weighted by molar-refractivity contribution is 9.10. The van der Waals surface area contributed by atoms with Gasteiger partial charge in [0, 0.05) is 39.3 Å². The van der Waals surface area contributed by atoms with Crippen molar-refractivity contribution in [1.29, 1.82) is 0 Å². The second-order valence-corrected chi connectivity index (χ2v) is 6.44. The first-order valence-electron chi connectivity index (χ1n) is 7.82. The minimum Gasteiger partial charge on any atom is -0.503 e. The number of piperazine rings is 1. The molecule has 0 amide bonds. The van der Waals surface area contributed by atoms with Gasteiger partial charge in [0.15, 0.2) is 11.5 Å². The number of hydrogen-bond acceptors (Lipinski definition) is 6. The molecule has 0 saturated carbocycles. The van der Waals surface area contributed by atoms with Crippen molar-refractivity contribution in [3.05, 3.63) is 22.2 Å². The van der Waals surface area contributed by atoms with E-state index in [0.717, 1.165) is 44.8 Å². The van der Waals surface area contributed by atoms with Crippen molar-refractivity contribution in [1.82, 2.24) is 9.80 Å². The van der Waals surface area contributed by atoms with Gasteiger partial charge in [-0.15, -0.1) is 0 Å². The summed E-state index contributed by atoms with van der Waals surface area (Å²) in [6, 6.07) is 3.82. The number of aliphatic hydroxyl groups excluding tert-OH is 1. The van der Waals surface area contributed by atoms with Crippen LogP contribution in [0.15, 0.2) is 16.6 Å². The Morgan fingerprint density at radius 3 is 2.48 bits per heavy atom. The molecule has 1 heterocycles. The lowest BCUT2D eigenvalue weighted by Crippen LogP contribution is -2.46. The van der Waals surface area contributed by atoms with E-state index in [9.17, 15) is 5.11 Å². The summed E-state index contributed by atoms with van der Waals surface area (Å²) in [4.78, 5) is 4.77. The number of ether oxygens (including phenoxy) is 2. The number of aliphatic hydroxyl groups is 1. The van der Waals surface area contributed by atoms with Gasteiger partial charge in [-0.2, -0.15) is 0 Å². The van der Waals surface area contributed by atoms with Crippen molar-refractivity contribution in [3.63, 3.8) is 0 Å². The minimum atomic E-state index is 0.0828. The molecule has 1 saturated heterocycles. The number of nitrogens with zero attached hydrogens (tertiary/aromatic N) is 2. The Balaban J connectivity index is 1.79. The maximum atomic E-state index is 9.86. The van der Waals surface area contributed by atoms with E-state index in [0.29, 0.717) is 23.4 Å². The van der Waals surface area contributed by atoms with Crippen LogP contribution >= 0.6 is 15.9 Å². The van der Waals surface area contributed by atoms with Gasteiger partial charge in [0.25, 0.3) is 0 Å². The molecule has 6 nitrogen and oxygen atoms in total. The van der Waals surface area contributed by atoms with Gasteiger partial charge in [-0.1, -0.05) is 0 Å². The molecule has 7 heteroatoms. The van der Waals surface area contributed by atoms with E-state index in [1.165, 1.54) is 0 Å². The Kier molecular flexibility index (Phi) is 7.58. The average Bonchev–Trinajstić information content (AvgIpc) is 2.56. The van der Waals surface area contributed by atoms with Crippen molar-refractivity contribution in [2.24, 2.45) is 0 Å². The number of phenols is 1. The molecule has 130 valence electrons. The predicted octanol–water partition coefficient (Wildman–Crippen LogP) is 1.29. The zero-order valence-corrected chi connectivity index (χ0v) is 15.1. The first-order valence-corrected chi connectivity index (χ1v) is 8.62. The fourth-order valence-corrected chi connectivity index (χ4v) is 3.15. The van der Waals surface area contributed by atoms with Gasteiger partial charge in [-0.25, -0.2) is 0 Å². The predicted molar refractivity (Wildman–Crippen MR) is 92.0 cm³/mol. The monoisotopic (exact) mass is 388 g/mol. The summed E-state index contributed by atoms with van der Waals surface area (Å²) in [6.07, 6.45) is 0. The second kappa shape index (κ2) is 9.44. The summed E-state index contributed by atoms with van der Waals surface area (Å²) in [5.41, 5.74) is 1.12. The van der Waals surface area contributed by atoms with E-state index in [1.807, 2.05) is 12.1 Å². The van der Waals surface area contributed by atoms with Crippen LogP contribution in [0.5, 0.6) is 11.5 Å². The highest BCUT2D eigenvalue weighted by Gasteiger charge is 2.18. The Bertz CT molecular complexity index is 493. The maximum absolute atomic E-state index is 9.86. The van der Waals surface area contributed by atoms with E-state index in [1.54, 1.807) is 7.11 Å². The first kappa shape index (κ1) is 18.5. The molecule has 2 N–H and O–H groups in total. The smallest absolute Gasteiger partial charge is 0.172 e. The summed E-state index contributed by atoms with van der Waals surface area (Å²) in [5.74, 6) is 0.637. The number of benzene rings is 1. The normalized spacial score (nSPS) is 16.7. The topological polar surface area (TPSA) is 65.4 Å². The molecule has 23 heavy (non-hydrogen) atoms. The van der Waals surface area contributed by atoms with Crippen LogP contribution in [0.1, 0.15) is 5.56 Å². The van der Waals surface area contributed by atoms with E-state index in [2.05, 4.69) is 25.7 Å². The van der Waals surface area contributed by atoms with Gasteiger partial charge >= 0.3 is 0 Å². The van der Waals surface area contributed by atoms with Gasteiger partial charge in [0.05, 0.1) is 31.4 Å². The lowest BCUT2D eigenvalue weighted by molar-refractivity contribution is 0.0563. The molecule has 1 aliphatic rings. The Morgan fingerprint density at radius 2 is 1.83 bits per heavy atom. The molecule has 2 rings (SSSR count). The third-order valence-electron chi connectivity index (χ3n) is 3.97. The number of aromatic hydroxyl groups is 1. The summed E-state index contributed by atoms with van der Waals surface area (Å²) in [5, 5.41) is 18.5. The number of methoxy groups -OCH3 is 1. The number of phenolic OH excluding ortho intramolecular Hbond substituents is 1. The Hall–Kier alpha value is -0.860. The number of hydrogen-bond donors (Lipinski definition) is 2. The molecule has 0 aromatic heterocycles. The van der Waals surface area contributed by atoms with Crippen LogP contribution in [0.25, 0.3) is 0 Å². The molecule has 0 unspecified atom stereocenters. The molecular weight excluding hydrogens is 364 g/mol. The van der Waals surface area contributed by atoms with Crippen molar-refractivity contribution in [3.8, 4) is 11.5 Å². The number of halogens is 1. The summed E-state index contributed by atoms with van der Waals surface area (Å²) >= 11 is 3.36. The van der Waals surface area contributed by atoms with Gasteiger partial charge in [-0.05, 0) is 33.6 Å². The van der Waals surface area contributed by atoms with E-state index >= 15 is 0 Å². The molecule has 0 atom stereocenters. The zero-order chi connectivity index (χ0) is 16.7. The third-order valence-corrected chi connectivity index (χ3v) is 4.57. The average molecular weight is 389 g/mol. The molecule has 0 aliphatic carbocycles. The van der Waals surface area contributed by atoms with Gasteiger partial charge in [-0.3, -0.25) is 9.80 Å². The van der Waals surface area contributed by atoms with Gasteiger partial charge in [0.1, 0.15) is 0 Å². The summed E-state index contributed by atoms with van der Waals surface area (Å²) in [7, 11) is 1.56. The Morgan fingerprint density at radius 1 is 1.13 bits per heavy atom. The Labute approximate surface area is 145 Å². The van der Waals surface area contributed by atoms with E-state index < -0.39 is 0 Å². The largest absolute Gasteiger partial charge is 0.503 e. The molecule has 1 aromatic carbocycles. The summed E-state index contributed by atoms with van der Waals surface area (Å²) < 4.78 is 11.2. The van der Waals surface area contributed by atoms with Crippen molar-refractivity contribution in [2.45, 2.75) is 6.54 Å². The van der Waals surface area contributed by atoms with Crippen LogP contribution in [-0.4, -0.2) is 79.7 Å². The van der Waals surface area contributed by atoms with Crippen LogP contribution in [0.4, 0.5) is 0 Å². The van der Waals surface area contributed by atoms with E-state index in [4.69, 9.17) is 14.6 Å². The van der Waals surface area contributed by atoms with E-state index in [-0.39, 0.29) is 12.4 Å². The summed E-state index contributed by atoms with van der Waals surface area (Å²) in [6.45, 7) is 6.94. The lowest BCUT2D eigenvalue weighted by Gasteiger charge is -2.34. The minimum absolute atomic E-state index is 0.0828. The van der Waals surface area contributed by atoms with Crippen molar-refractivity contribution >= 4 is 15.9 Å². The molecule has 1 aromatic rings.